The lowest BCUT2D eigenvalue weighted by atomic mass is 9.98. The van der Waals surface area contributed by atoms with Gasteiger partial charge in [0.25, 0.3) is 0 Å². The largest absolute Gasteiger partial charge is 0.354 e. The van der Waals surface area contributed by atoms with Crippen LogP contribution in [0.3, 0.4) is 0 Å². The van der Waals surface area contributed by atoms with Crippen molar-refractivity contribution in [3.8, 4) is 6.07 Å². The second-order valence-corrected chi connectivity index (χ2v) is 4.31. The van der Waals surface area contributed by atoms with Gasteiger partial charge in [-0.15, -0.1) is 0 Å². The van der Waals surface area contributed by atoms with E-state index in [1.54, 1.807) is 12.1 Å². The van der Waals surface area contributed by atoms with Crippen LogP contribution in [0, 0.1) is 17.1 Å². The van der Waals surface area contributed by atoms with Crippen LogP contribution in [-0.2, 0) is 0 Å². The number of nitrogens with one attached hydrogen (secondary N) is 1. The number of rotatable bonds is 1. The molecule has 0 spiro atoms. The van der Waals surface area contributed by atoms with Crippen molar-refractivity contribution < 1.29 is 4.39 Å². The average Bonchev–Trinajstić information content (AvgIpc) is 2.91. The molecule has 1 unspecified atom stereocenters. The maximum Gasteiger partial charge on any atom is 0.129 e. The van der Waals surface area contributed by atoms with Gasteiger partial charge in [0, 0.05) is 17.8 Å². The van der Waals surface area contributed by atoms with Crippen LogP contribution >= 0.6 is 0 Å². The molecule has 2 heterocycles. The van der Waals surface area contributed by atoms with Gasteiger partial charge in [0.05, 0.1) is 24.3 Å². The number of fused-ring (bicyclic) bond motifs is 1. The molecule has 2 aliphatic heterocycles. The minimum atomic E-state index is -0.282. The summed E-state index contributed by atoms with van der Waals surface area (Å²) in [5, 5.41) is 12.3. The standard InChI is InChI=1S/C13H12FN3/c14-11-3-1-2-9(6-15)13(11)12-5-4-10-7-16-8-17(10)12/h1-4,12,16H,5,7-8H2. The van der Waals surface area contributed by atoms with Gasteiger partial charge < -0.3 is 4.90 Å². The van der Waals surface area contributed by atoms with Gasteiger partial charge >= 0.3 is 0 Å². The lowest BCUT2D eigenvalue weighted by Crippen LogP contribution is -2.24. The highest BCUT2D eigenvalue weighted by molar-refractivity contribution is 5.42. The Hall–Kier alpha value is -1.86. The number of nitriles is 1. The Morgan fingerprint density at radius 3 is 3.18 bits per heavy atom. The summed E-state index contributed by atoms with van der Waals surface area (Å²) in [5.74, 6) is -0.282. The molecule has 0 bridgehead atoms. The molecule has 1 atom stereocenters. The molecule has 1 aromatic rings. The summed E-state index contributed by atoms with van der Waals surface area (Å²) in [6.45, 7) is 1.57. The first kappa shape index (κ1) is 10.3. The SMILES string of the molecule is N#Cc1cccc(F)c1C1CC=C2CNCN21. The number of benzene rings is 1. The Kier molecular flexibility index (Phi) is 2.34. The van der Waals surface area contributed by atoms with E-state index in [0.717, 1.165) is 19.6 Å². The van der Waals surface area contributed by atoms with Gasteiger partial charge in [-0.1, -0.05) is 12.1 Å². The van der Waals surface area contributed by atoms with Crippen LogP contribution in [0.15, 0.2) is 30.0 Å². The van der Waals surface area contributed by atoms with Crippen LogP contribution in [0.4, 0.5) is 4.39 Å². The van der Waals surface area contributed by atoms with E-state index in [4.69, 9.17) is 5.26 Å². The molecular formula is C13H12FN3. The van der Waals surface area contributed by atoms with Gasteiger partial charge in [-0.05, 0) is 18.6 Å². The molecule has 0 amide bonds. The lowest BCUT2D eigenvalue weighted by Gasteiger charge is -2.25. The Morgan fingerprint density at radius 1 is 1.47 bits per heavy atom. The molecule has 4 heteroatoms. The zero-order chi connectivity index (χ0) is 11.8. The van der Waals surface area contributed by atoms with Crippen LogP contribution in [-0.4, -0.2) is 18.1 Å². The summed E-state index contributed by atoms with van der Waals surface area (Å²) in [6, 6.07) is 6.75. The average molecular weight is 229 g/mol. The number of halogens is 1. The molecule has 17 heavy (non-hydrogen) atoms. The summed E-state index contributed by atoms with van der Waals surface area (Å²) in [6.07, 6.45) is 2.91. The molecule has 0 saturated carbocycles. The van der Waals surface area contributed by atoms with Crippen molar-refractivity contribution in [2.75, 3.05) is 13.2 Å². The Morgan fingerprint density at radius 2 is 2.35 bits per heavy atom. The van der Waals surface area contributed by atoms with E-state index in [1.165, 1.54) is 11.8 Å². The third-order valence-corrected chi connectivity index (χ3v) is 3.42. The van der Waals surface area contributed by atoms with Crippen LogP contribution in [0.1, 0.15) is 23.6 Å². The van der Waals surface area contributed by atoms with E-state index in [1.807, 2.05) is 0 Å². The molecule has 86 valence electrons. The van der Waals surface area contributed by atoms with Crippen molar-refractivity contribution in [3.63, 3.8) is 0 Å². The predicted octanol–water partition coefficient (Wildman–Crippen LogP) is 1.89. The maximum atomic E-state index is 13.9. The quantitative estimate of drug-likeness (QED) is 0.799. The van der Waals surface area contributed by atoms with Gasteiger partial charge in [-0.25, -0.2) is 4.39 Å². The molecule has 3 nitrogen and oxygen atoms in total. The monoisotopic (exact) mass is 229 g/mol. The molecule has 1 saturated heterocycles. The van der Waals surface area contributed by atoms with Gasteiger partial charge in [-0.3, -0.25) is 5.32 Å². The van der Waals surface area contributed by atoms with E-state index >= 15 is 0 Å². The smallest absolute Gasteiger partial charge is 0.129 e. The molecule has 3 rings (SSSR count). The molecule has 0 aliphatic carbocycles. The molecule has 1 aromatic carbocycles. The Bertz CT molecular complexity index is 530. The van der Waals surface area contributed by atoms with Crippen LogP contribution in [0.5, 0.6) is 0 Å². The van der Waals surface area contributed by atoms with E-state index in [-0.39, 0.29) is 11.9 Å². The van der Waals surface area contributed by atoms with Crippen molar-refractivity contribution in [1.29, 1.82) is 5.26 Å². The fraction of sp³-hybridized carbons (Fsp3) is 0.308. The van der Waals surface area contributed by atoms with Crippen LogP contribution in [0.2, 0.25) is 0 Å². The van der Waals surface area contributed by atoms with Crippen molar-refractivity contribution in [1.82, 2.24) is 10.2 Å². The van der Waals surface area contributed by atoms with E-state index in [9.17, 15) is 4.39 Å². The highest BCUT2D eigenvalue weighted by atomic mass is 19.1. The molecule has 0 aromatic heterocycles. The molecular weight excluding hydrogens is 217 g/mol. The normalized spacial score (nSPS) is 22.2. The molecule has 1 fully saturated rings. The fourth-order valence-electron chi connectivity index (χ4n) is 2.63. The second-order valence-electron chi connectivity index (χ2n) is 4.31. The van der Waals surface area contributed by atoms with Crippen molar-refractivity contribution in [3.05, 3.63) is 46.9 Å². The summed E-state index contributed by atoms with van der Waals surface area (Å²) in [7, 11) is 0. The topological polar surface area (TPSA) is 39.1 Å². The van der Waals surface area contributed by atoms with Gasteiger partial charge in [-0.2, -0.15) is 5.26 Å². The fourth-order valence-corrected chi connectivity index (χ4v) is 2.63. The first-order valence-electron chi connectivity index (χ1n) is 5.66. The zero-order valence-electron chi connectivity index (χ0n) is 9.28. The first-order valence-corrected chi connectivity index (χ1v) is 5.66. The number of nitrogens with zero attached hydrogens (tertiary/aromatic N) is 2. The molecule has 0 radical (unpaired) electrons. The Labute approximate surface area is 99.2 Å². The van der Waals surface area contributed by atoms with E-state index in [0.29, 0.717) is 11.1 Å². The van der Waals surface area contributed by atoms with Crippen molar-refractivity contribution in [2.45, 2.75) is 12.5 Å². The first-order chi connectivity index (χ1) is 8.31. The van der Waals surface area contributed by atoms with Crippen LogP contribution < -0.4 is 5.32 Å². The Balaban J connectivity index is 2.04. The maximum absolute atomic E-state index is 13.9. The summed E-state index contributed by atoms with van der Waals surface area (Å²) >= 11 is 0. The van der Waals surface area contributed by atoms with E-state index < -0.39 is 0 Å². The van der Waals surface area contributed by atoms with Gasteiger partial charge in [0.2, 0.25) is 0 Å². The summed E-state index contributed by atoms with van der Waals surface area (Å²) in [5.41, 5.74) is 2.18. The van der Waals surface area contributed by atoms with Crippen molar-refractivity contribution in [2.24, 2.45) is 0 Å². The van der Waals surface area contributed by atoms with Gasteiger partial charge in [0.1, 0.15) is 5.82 Å². The number of hydrogen-bond donors (Lipinski definition) is 1. The minimum Gasteiger partial charge on any atom is -0.354 e. The molecule has 2 aliphatic rings. The summed E-state index contributed by atoms with van der Waals surface area (Å²) < 4.78 is 13.9. The van der Waals surface area contributed by atoms with Gasteiger partial charge in [0.15, 0.2) is 0 Å². The van der Waals surface area contributed by atoms with Crippen LogP contribution in [0.25, 0.3) is 0 Å². The lowest BCUT2D eigenvalue weighted by molar-refractivity contribution is 0.302. The molecule has 1 N–H and O–H groups in total. The second kappa shape index (κ2) is 3.86. The highest BCUT2D eigenvalue weighted by Crippen LogP contribution is 2.38. The third kappa shape index (κ3) is 1.51. The number of hydrogen-bond acceptors (Lipinski definition) is 3. The minimum absolute atomic E-state index is 0.0316. The highest BCUT2D eigenvalue weighted by Gasteiger charge is 2.33. The predicted molar refractivity (Wildman–Crippen MR) is 61.3 cm³/mol. The van der Waals surface area contributed by atoms with E-state index in [2.05, 4.69) is 22.4 Å². The summed E-state index contributed by atoms with van der Waals surface area (Å²) in [4.78, 5) is 2.14. The van der Waals surface area contributed by atoms with Crippen molar-refractivity contribution >= 4 is 0 Å². The zero-order valence-corrected chi connectivity index (χ0v) is 9.28. The third-order valence-electron chi connectivity index (χ3n) is 3.42.